The number of carbonyl (C=O) groups is 2. The average Bonchev–Trinajstić information content (AvgIpc) is 2.46. The average molecular weight is 288 g/mol. The highest BCUT2D eigenvalue weighted by molar-refractivity contribution is 5.96. The number of allylic oxidation sites excluding steroid dienone is 2. The third-order valence-corrected chi connectivity index (χ3v) is 3.43. The van der Waals surface area contributed by atoms with Crippen LogP contribution in [0.3, 0.4) is 0 Å². The third-order valence-electron chi connectivity index (χ3n) is 3.43. The van der Waals surface area contributed by atoms with Crippen LogP contribution in [-0.4, -0.2) is 18.9 Å². The van der Waals surface area contributed by atoms with Crippen LogP contribution in [0.15, 0.2) is 42.5 Å². The summed E-state index contributed by atoms with van der Waals surface area (Å²) in [7, 11) is 1.40. The van der Waals surface area contributed by atoms with Crippen LogP contribution >= 0.6 is 0 Å². The van der Waals surface area contributed by atoms with E-state index in [1.807, 2.05) is 63.3 Å². The molecule has 0 aliphatic heterocycles. The summed E-state index contributed by atoms with van der Waals surface area (Å²) in [6, 6.07) is 9.30. The Bertz CT molecular complexity index is 500. The summed E-state index contributed by atoms with van der Waals surface area (Å²) in [5.74, 6) is 0.0614. The van der Waals surface area contributed by atoms with Crippen molar-refractivity contribution in [2.24, 2.45) is 11.3 Å². The predicted octanol–water partition coefficient (Wildman–Crippen LogP) is 4.04. The molecule has 3 heteroatoms. The Hall–Kier alpha value is -1.90. The van der Waals surface area contributed by atoms with Gasteiger partial charge >= 0.3 is 5.97 Å². The number of Topliss-reactive ketones (excluding diaryl/α,β-unsaturated/α-hetero) is 1. The van der Waals surface area contributed by atoms with Crippen molar-refractivity contribution >= 4 is 11.8 Å². The summed E-state index contributed by atoms with van der Waals surface area (Å²) in [5.41, 5.74) is 0.210. The maximum absolute atomic E-state index is 12.1. The molecule has 0 spiro atoms. The van der Waals surface area contributed by atoms with Gasteiger partial charge in [0, 0.05) is 12.0 Å². The minimum absolute atomic E-state index is 0.139. The van der Waals surface area contributed by atoms with E-state index in [1.54, 1.807) is 0 Å². The fraction of sp³-hybridized carbons (Fsp3) is 0.444. The molecule has 0 saturated carbocycles. The number of carbonyl (C=O) groups excluding carboxylic acids is 2. The SMILES string of the molecule is COC(=O)C(C)(C)C/C=C/C(C)CC(=O)c1ccccc1. The molecule has 0 saturated heterocycles. The van der Waals surface area contributed by atoms with Gasteiger partial charge in [-0.2, -0.15) is 0 Å². The summed E-state index contributed by atoms with van der Waals surface area (Å²) in [6.45, 7) is 5.70. The van der Waals surface area contributed by atoms with Crippen LogP contribution in [0.2, 0.25) is 0 Å². The Kier molecular flexibility index (Phi) is 6.35. The third kappa shape index (κ3) is 5.54. The van der Waals surface area contributed by atoms with E-state index in [-0.39, 0.29) is 17.7 Å². The molecule has 0 aliphatic carbocycles. The Labute approximate surface area is 127 Å². The summed E-state index contributed by atoms with van der Waals surface area (Å²) in [4.78, 5) is 23.6. The van der Waals surface area contributed by atoms with E-state index in [0.717, 1.165) is 5.56 Å². The number of hydrogen-bond acceptors (Lipinski definition) is 3. The first-order chi connectivity index (χ1) is 9.86. The van der Waals surface area contributed by atoms with Crippen molar-refractivity contribution in [3.05, 3.63) is 48.0 Å². The normalized spacial score (nSPS) is 13.1. The molecule has 1 atom stereocenters. The molecule has 3 nitrogen and oxygen atoms in total. The van der Waals surface area contributed by atoms with Gasteiger partial charge in [-0.1, -0.05) is 49.4 Å². The van der Waals surface area contributed by atoms with Crippen molar-refractivity contribution in [1.29, 1.82) is 0 Å². The number of benzene rings is 1. The molecule has 114 valence electrons. The number of rotatable bonds is 7. The van der Waals surface area contributed by atoms with Gasteiger partial charge in [0.25, 0.3) is 0 Å². The van der Waals surface area contributed by atoms with Crippen molar-refractivity contribution in [2.75, 3.05) is 7.11 Å². The van der Waals surface area contributed by atoms with Gasteiger partial charge in [-0.15, -0.1) is 0 Å². The molecule has 1 aromatic rings. The minimum atomic E-state index is -0.533. The Balaban J connectivity index is 2.50. The second-order valence-electron chi connectivity index (χ2n) is 5.98. The lowest BCUT2D eigenvalue weighted by Gasteiger charge is -2.19. The second-order valence-corrected chi connectivity index (χ2v) is 5.98. The maximum Gasteiger partial charge on any atom is 0.311 e. The molecule has 1 aromatic carbocycles. The van der Waals surface area contributed by atoms with E-state index in [2.05, 4.69) is 0 Å². The van der Waals surface area contributed by atoms with Gasteiger partial charge in [-0.3, -0.25) is 9.59 Å². The van der Waals surface area contributed by atoms with E-state index in [9.17, 15) is 9.59 Å². The van der Waals surface area contributed by atoms with E-state index in [1.165, 1.54) is 7.11 Å². The molecular formula is C18H24O3. The fourth-order valence-corrected chi connectivity index (χ4v) is 2.06. The molecule has 0 N–H and O–H groups in total. The molecule has 0 heterocycles. The van der Waals surface area contributed by atoms with Crippen molar-refractivity contribution in [3.63, 3.8) is 0 Å². The number of ether oxygens (including phenoxy) is 1. The van der Waals surface area contributed by atoms with E-state index in [4.69, 9.17) is 4.74 Å². The number of methoxy groups -OCH3 is 1. The molecule has 0 fully saturated rings. The van der Waals surface area contributed by atoms with Crippen molar-refractivity contribution < 1.29 is 14.3 Å². The highest BCUT2D eigenvalue weighted by Crippen LogP contribution is 2.23. The van der Waals surface area contributed by atoms with Crippen LogP contribution in [0.4, 0.5) is 0 Å². The van der Waals surface area contributed by atoms with Crippen LogP contribution in [0, 0.1) is 11.3 Å². The lowest BCUT2D eigenvalue weighted by Crippen LogP contribution is -2.24. The van der Waals surface area contributed by atoms with Crippen LogP contribution in [0.25, 0.3) is 0 Å². The van der Waals surface area contributed by atoms with Crippen molar-refractivity contribution in [2.45, 2.75) is 33.6 Å². The first kappa shape index (κ1) is 17.2. The number of esters is 1. The van der Waals surface area contributed by atoms with Gasteiger partial charge in [0.1, 0.15) is 0 Å². The summed E-state index contributed by atoms with van der Waals surface area (Å²) >= 11 is 0. The number of hydrogen-bond donors (Lipinski definition) is 0. The largest absolute Gasteiger partial charge is 0.469 e. The molecular weight excluding hydrogens is 264 g/mol. The topological polar surface area (TPSA) is 43.4 Å². The lowest BCUT2D eigenvalue weighted by molar-refractivity contribution is -0.150. The molecule has 0 bridgehead atoms. The smallest absolute Gasteiger partial charge is 0.311 e. The summed E-state index contributed by atoms with van der Waals surface area (Å²) in [6.07, 6.45) is 5.02. The van der Waals surface area contributed by atoms with Crippen LogP contribution in [-0.2, 0) is 9.53 Å². The Morgan fingerprint density at radius 3 is 2.43 bits per heavy atom. The Morgan fingerprint density at radius 2 is 1.86 bits per heavy atom. The van der Waals surface area contributed by atoms with Crippen LogP contribution in [0.5, 0.6) is 0 Å². The van der Waals surface area contributed by atoms with Gasteiger partial charge in [-0.25, -0.2) is 0 Å². The maximum atomic E-state index is 12.1. The standard InChI is InChI=1S/C18H24O3/c1-14(9-8-12-18(2,3)17(20)21-4)13-16(19)15-10-6-5-7-11-15/h5-11,14H,12-13H2,1-4H3/b9-8+. The molecule has 0 aromatic heterocycles. The zero-order valence-electron chi connectivity index (χ0n) is 13.3. The van der Waals surface area contributed by atoms with Gasteiger partial charge in [0.05, 0.1) is 12.5 Å². The minimum Gasteiger partial charge on any atom is -0.469 e. The first-order valence-corrected chi connectivity index (χ1v) is 7.20. The highest BCUT2D eigenvalue weighted by Gasteiger charge is 2.26. The molecule has 21 heavy (non-hydrogen) atoms. The molecule has 0 aliphatic rings. The zero-order valence-corrected chi connectivity index (χ0v) is 13.3. The van der Waals surface area contributed by atoms with Crippen LogP contribution < -0.4 is 0 Å². The van der Waals surface area contributed by atoms with Crippen molar-refractivity contribution in [1.82, 2.24) is 0 Å². The Morgan fingerprint density at radius 1 is 1.24 bits per heavy atom. The summed E-state index contributed by atoms with van der Waals surface area (Å²) in [5, 5.41) is 0. The van der Waals surface area contributed by atoms with Gasteiger partial charge < -0.3 is 4.74 Å². The van der Waals surface area contributed by atoms with Crippen LogP contribution in [0.1, 0.15) is 44.0 Å². The molecule has 1 unspecified atom stereocenters. The molecule has 0 radical (unpaired) electrons. The van der Waals surface area contributed by atoms with Crippen molar-refractivity contribution in [3.8, 4) is 0 Å². The first-order valence-electron chi connectivity index (χ1n) is 7.20. The predicted molar refractivity (Wildman–Crippen MR) is 84.1 cm³/mol. The second kappa shape index (κ2) is 7.77. The summed E-state index contributed by atoms with van der Waals surface area (Å²) < 4.78 is 4.77. The van der Waals surface area contributed by atoms with E-state index in [0.29, 0.717) is 12.8 Å². The van der Waals surface area contributed by atoms with E-state index < -0.39 is 5.41 Å². The van der Waals surface area contributed by atoms with Gasteiger partial charge in [0.2, 0.25) is 0 Å². The van der Waals surface area contributed by atoms with Gasteiger partial charge in [0.15, 0.2) is 5.78 Å². The van der Waals surface area contributed by atoms with E-state index >= 15 is 0 Å². The number of ketones is 1. The molecule has 1 rings (SSSR count). The zero-order chi connectivity index (χ0) is 15.9. The van der Waals surface area contributed by atoms with Gasteiger partial charge in [-0.05, 0) is 26.2 Å². The fourth-order valence-electron chi connectivity index (χ4n) is 2.06. The quantitative estimate of drug-likeness (QED) is 0.432. The molecule has 0 amide bonds. The lowest BCUT2D eigenvalue weighted by atomic mass is 9.88. The highest BCUT2D eigenvalue weighted by atomic mass is 16.5. The monoisotopic (exact) mass is 288 g/mol.